The van der Waals surface area contributed by atoms with Crippen LogP contribution in [0.3, 0.4) is 0 Å². The summed E-state index contributed by atoms with van der Waals surface area (Å²) in [5.74, 6) is 0. The molecular weight excluding hydrogens is 196 g/mol. The summed E-state index contributed by atoms with van der Waals surface area (Å²) in [4.78, 5) is 0. The first kappa shape index (κ1) is 10.9. The molecule has 2 rings (SSSR count). The third kappa shape index (κ3) is 2.94. The summed E-state index contributed by atoms with van der Waals surface area (Å²) in [6.45, 7) is 0. The van der Waals surface area contributed by atoms with E-state index in [1.54, 1.807) is 0 Å². The fourth-order valence-electron chi connectivity index (χ4n) is 1.79. The minimum absolute atomic E-state index is 0.360. The zero-order valence-corrected chi connectivity index (χ0v) is 9.21. The van der Waals surface area contributed by atoms with Crippen LogP contribution in [0.1, 0.15) is 23.7 Å². The maximum absolute atomic E-state index is 9.98. The molecule has 0 aliphatic heterocycles. The first-order valence-corrected chi connectivity index (χ1v) is 5.63. The fourth-order valence-corrected chi connectivity index (χ4v) is 1.79. The van der Waals surface area contributed by atoms with Gasteiger partial charge in [-0.05, 0) is 24.0 Å². The van der Waals surface area contributed by atoms with Crippen molar-refractivity contribution < 1.29 is 5.11 Å². The third-order valence-corrected chi connectivity index (χ3v) is 2.73. The van der Waals surface area contributed by atoms with Crippen molar-refractivity contribution in [2.24, 2.45) is 0 Å². The first-order chi connectivity index (χ1) is 7.86. The Balaban J connectivity index is 1.92. The Kier molecular flexibility index (Phi) is 3.73. The Hall–Kier alpha value is -1.60. The average Bonchev–Trinajstić information content (AvgIpc) is 2.38. The SMILES string of the molecule is O[C@@H](CCc1ccccc1)c1ccccc1. The van der Waals surface area contributed by atoms with Crippen molar-refractivity contribution in [2.45, 2.75) is 18.9 Å². The minimum Gasteiger partial charge on any atom is -0.388 e. The second kappa shape index (κ2) is 5.47. The largest absolute Gasteiger partial charge is 0.388 e. The Bertz CT molecular complexity index is 408. The van der Waals surface area contributed by atoms with Gasteiger partial charge in [0.05, 0.1) is 6.10 Å². The van der Waals surface area contributed by atoms with Gasteiger partial charge in [-0.2, -0.15) is 0 Å². The zero-order valence-electron chi connectivity index (χ0n) is 9.21. The molecule has 1 heteroatoms. The van der Waals surface area contributed by atoms with Crippen molar-refractivity contribution in [3.63, 3.8) is 0 Å². The predicted molar refractivity (Wildman–Crippen MR) is 66.2 cm³/mol. The van der Waals surface area contributed by atoms with Gasteiger partial charge in [-0.15, -0.1) is 0 Å². The van der Waals surface area contributed by atoms with Crippen molar-refractivity contribution in [2.75, 3.05) is 0 Å². The van der Waals surface area contributed by atoms with Crippen molar-refractivity contribution in [1.29, 1.82) is 0 Å². The normalized spacial score (nSPS) is 12.3. The predicted octanol–water partition coefficient (Wildman–Crippen LogP) is 3.35. The molecular formula is C15H16O. The van der Waals surface area contributed by atoms with E-state index in [0.717, 1.165) is 18.4 Å². The number of rotatable bonds is 4. The highest BCUT2D eigenvalue weighted by atomic mass is 16.3. The molecule has 0 aromatic heterocycles. The van der Waals surface area contributed by atoms with E-state index in [1.165, 1.54) is 5.56 Å². The fraction of sp³-hybridized carbons (Fsp3) is 0.200. The first-order valence-electron chi connectivity index (χ1n) is 5.63. The van der Waals surface area contributed by atoms with Gasteiger partial charge < -0.3 is 5.11 Å². The monoisotopic (exact) mass is 212 g/mol. The number of hydrogen-bond acceptors (Lipinski definition) is 1. The maximum Gasteiger partial charge on any atom is 0.0793 e. The topological polar surface area (TPSA) is 20.2 Å². The van der Waals surface area contributed by atoms with E-state index in [4.69, 9.17) is 0 Å². The Morgan fingerprint density at radius 3 is 2.00 bits per heavy atom. The van der Waals surface area contributed by atoms with E-state index in [9.17, 15) is 5.11 Å². The highest BCUT2D eigenvalue weighted by Gasteiger charge is 2.06. The molecule has 1 nitrogen and oxygen atoms in total. The van der Waals surface area contributed by atoms with Crippen LogP contribution < -0.4 is 0 Å². The summed E-state index contributed by atoms with van der Waals surface area (Å²) in [5, 5.41) is 9.98. The van der Waals surface area contributed by atoms with Crippen molar-refractivity contribution >= 4 is 0 Å². The molecule has 82 valence electrons. The molecule has 0 saturated heterocycles. The molecule has 0 aliphatic rings. The second-order valence-electron chi connectivity index (χ2n) is 3.95. The van der Waals surface area contributed by atoms with Gasteiger partial charge in [-0.3, -0.25) is 0 Å². The van der Waals surface area contributed by atoms with E-state index in [-0.39, 0.29) is 6.10 Å². The summed E-state index contributed by atoms with van der Waals surface area (Å²) in [5.41, 5.74) is 2.27. The van der Waals surface area contributed by atoms with Crippen LogP contribution in [0.5, 0.6) is 0 Å². The quantitative estimate of drug-likeness (QED) is 0.824. The van der Waals surface area contributed by atoms with Gasteiger partial charge in [0.1, 0.15) is 0 Å². The standard InChI is InChI=1S/C15H16O/c16-15(14-9-5-2-6-10-14)12-11-13-7-3-1-4-8-13/h1-10,15-16H,11-12H2/t15-/m0/s1. The second-order valence-corrected chi connectivity index (χ2v) is 3.95. The molecule has 0 heterocycles. The van der Waals surface area contributed by atoms with Crippen LogP contribution in [0.4, 0.5) is 0 Å². The lowest BCUT2D eigenvalue weighted by atomic mass is 10.0. The number of benzene rings is 2. The molecule has 0 spiro atoms. The van der Waals surface area contributed by atoms with Gasteiger partial charge in [0.15, 0.2) is 0 Å². The third-order valence-electron chi connectivity index (χ3n) is 2.73. The van der Waals surface area contributed by atoms with Gasteiger partial charge in [-0.25, -0.2) is 0 Å². The smallest absolute Gasteiger partial charge is 0.0793 e. The zero-order chi connectivity index (χ0) is 11.2. The molecule has 0 unspecified atom stereocenters. The number of hydrogen-bond donors (Lipinski definition) is 1. The van der Waals surface area contributed by atoms with Crippen molar-refractivity contribution in [1.82, 2.24) is 0 Å². The summed E-state index contributed by atoms with van der Waals surface area (Å²) in [6.07, 6.45) is 1.33. The van der Waals surface area contributed by atoms with Crippen LogP contribution in [0.25, 0.3) is 0 Å². The molecule has 16 heavy (non-hydrogen) atoms. The van der Waals surface area contributed by atoms with E-state index >= 15 is 0 Å². The Morgan fingerprint density at radius 2 is 1.38 bits per heavy atom. The van der Waals surface area contributed by atoms with Gasteiger partial charge in [0.2, 0.25) is 0 Å². The summed E-state index contributed by atoms with van der Waals surface area (Å²) < 4.78 is 0. The van der Waals surface area contributed by atoms with Crippen LogP contribution >= 0.6 is 0 Å². The minimum atomic E-state index is -0.360. The summed E-state index contributed by atoms with van der Waals surface area (Å²) >= 11 is 0. The Labute approximate surface area is 96.4 Å². The molecule has 0 saturated carbocycles. The lowest BCUT2D eigenvalue weighted by molar-refractivity contribution is 0.168. The Morgan fingerprint density at radius 1 is 0.812 bits per heavy atom. The molecule has 1 atom stereocenters. The molecule has 0 bridgehead atoms. The van der Waals surface area contributed by atoms with E-state index in [0.29, 0.717) is 0 Å². The molecule has 0 radical (unpaired) electrons. The molecule has 2 aromatic rings. The molecule has 0 aliphatic carbocycles. The van der Waals surface area contributed by atoms with Crippen molar-refractivity contribution in [3.8, 4) is 0 Å². The van der Waals surface area contributed by atoms with Crippen LogP contribution in [-0.2, 0) is 6.42 Å². The van der Waals surface area contributed by atoms with E-state index in [2.05, 4.69) is 12.1 Å². The average molecular weight is 212 g/mol. The highest BCUT2D eigenvalue weighted by molar-refractivity contribution is 5.19. The van der Waals surface area contributed by atoms with E-state index < -0.39 is 0 Å². The van der Waals surface area contributed by atoms with Crippen LogP contribution in [0.15, 0.2) is 60.7 Å². The van der Waals surface area contributed by atoms with Gasteiger partial charge >= 0.3 is 0 Å². The lowest BCUT2D eigenvalue weighted by Crippen LogP contribution is -1.99. The van der Waals surface area contributed by atoms with Gasteiger partial charge in [-0.1, -0.05) is 60.7 Å². The van der Waals surface area contributed by atoms with Gasteiger partial charge in [0, 0.05) is 0 Å². The van der Waals surface area contributed by atoms with Crippen LogP contribution in [0.2, 0.25) is 0 Å². The maximum atomic E-state index is 9.98. The van der Waals surface area contributed by atoms with Crippen molar-refractivity contribution in [3.05, 3.63) is 71.8 Å². The van der Waals surface area contributed by atoms with Crippen LogP contribution in [0, 0.1) is 0 Å². The van der Waals surface area contributed by atoms with E-state index in [1.807, 2.05) is 48.5 Å². The molecule has 0 fully saturated rings. The van der Waals surface area contributed by atoms with Crippen LogP contribution in [-0.4, -0.2) is 5.11 Å². The lowest BCUT2D eigenvalue weighted by Gasteiger charge is -2.10. The summed E-state index contributed by atoms with van der Waals surface area (Å²) in [7, 11) is 0. The number of aliphatic hydroxyl groups excluding tert-OH is 1. The van der Waals surface area contributed by atoms with Gasteiger partial charge in [0.25, 0.3) is 0 Å². The summed E-state index contributed by atoms with van der Waals surface area (Å²) in [6, 6.07) is 20.1. The number of aliphatic hydroxyl groups is 1. The number of aryl methyl sites for hydroxylation is 1. The molecule has 1 N–H and O–H groups in total. The molecule has 2 aromatic carbocycles. The molecule has 0 amide bonds. The highest BCUT2D eigenvalue weighted by Crippen LogP contribution is 2.18.